The van der Waals surface area contributed by atoms with Crippen molar-refractivity contribution in [3.05, 3.63) is 0 Å². The Morgan fingerprint density at radius 1 is 0.500 bits per heavy atom. The van der Waals surface area contributed by atoms with Crippen LogP contribution in [-0.4, -0.2) is 45.5 Å². The minimum Gasteiger partial charge on any atom is 2.00 e. The monoisotopic (exact) mass is 299 g/mol. The van der Waals surface area contributed by atoms with E-state index in [0.29, 0.717) is 0 Å². The topological polar surface area (TPSA) is 143 Å². The van der Waals surface area contributed by atoms with Crippen LogP contribution in [0.15, 0.2) is 0 Å². The molecule has 0 bridgehead atoms. The van der Waals surface area contributed by atoms with Gasteiger partial charge in [-0.1, -0.05) is 0 Å². The fraction of sp³-hybridized carbons (Fsp3) is 0. The normalized spacial score (nSPS) is 12.4. The van der Waals surface area contributed by atoms with Gasteiger partial charge in [0.25, 0.3) is 0 Å². The summed E-state index contributed by atoms with van der Waals surface area (Å²) in [6.45, 7) is 0. The Morgan fingerprint density at radius 2 is 0.643 bits per heavy atom. The molecule has 0 aliphatic heterocycles. The molecule has 0 aliphatic rings. The van der Waals surface area contributed by atoms with E-state index in [2.05, 4.69) is 0 Å². The van der Waals surface area contributed by atoms with Crippen LogP contribution in [0.25, 0.3) is 0 Å². The minimum atomic E-state index is -6.30. The summed E-state index contributed by atoms with van der Waals surface area (Å²) in [5.41, 5.74) is 0. The molecule has 0 atom stereocenters. The third kappa shape index (κ3) is 1.29. The third-order valence-electron chi connectivity index (χ3n) is 1.27. The van der Waals surface area contributed by atoms with E-state index in [4.69, 9.17) is 31.6 Å². The molecule has 0 saturated carbocycles. The average molecular weight is 299 g/mol. The van der Waals surface area contributed by atoms with Gasteiger partial charge < -0.3 is 0 Å². The molecule has 0 spiro atoms. The van der Waals surface area contributed by atoms with Gasteiger partial charge in [-0.2, -0.15) is 0 Å². The molecule has 0 aromatic carbocycles. The maximum absolute atomic E-state index is 8.58. The van der Waals surface area contributed by atoms with Crippen LogP contribution in [0, 0.1) is 61.4 Å². The van der Waals surface area contributed by atoms with E-state index >= 15 is 0 Å². The number of nitriles is 6. The van der Waals surface area contributed by atoms with Gasteiger partial charge in [-0.25, -0.2) is 0 Å². The molecule has 0 unspecified atom stereocenters. The molecule has 0 fully saturated rings. The summed E-state index contributed by atoms with van der Waals surface area (Å²) in [6.07, 6.45) is 0. The van der Waals surface area contributed by atoms with E-state index < -0.39 is 10.7 Å². The molecule has 0 N–H and O–H groups in total. The zero-order valence-corrected chi connectivity index (χ0v) is 11.4. The fourth-order valence-electron chi connectivity index (χ4n) is 0.283. The van der Waals surface area contributed by atoms with Gasteiger partial charge in [0.1, 0.15) is 0 Å². The zero-order chi connectivity index (χ0) is 10.7. The number of hydrogen-bond donors (Lipinski definition) is 0. The van der Waals surface area contributed by atoms with Gasteiger partial charge in [0, 0.05) is 0 Å². The summed E-state index contributed by atoms with van der Waals surface area (Å²) in [4.78, 5) is 6.25. The molecule has 0 rings (SSSR count). The fourth-order valence-corrected chi connectivity index (χ4v) is 1.17. The molecular weight excluding hydrogens is 299 g/mol. The van der Waals surface area contributed by atoms with Crippen LogP contribution < -0.4 is 0 Å². The minimum absolute atomic E-state index is 0. The average Bonchev–Trinajstić information content (AvgIpc) is 2.26. The summed E-state index contributed by atoms with van der Waals surface area (Å²) < 4.78 is 0. The second-order valence-electron chi connectivity index (χ2n) is 1.92. The summed E-state index contributed by atoms with van der Waals surface area (Å²) in [5, 5.41) is 51.5. The van der Waals surface area contributed by atoms with E-state index in [-0.39, 0.29) is 45.5 Å². The Hall–Kier alpha value is -1.06. The van der Waals surface area contributed by atoms with Crippen molar-refractivity contribution in [3.63, 3.8) is 0 Å². The van der Waals surface area contributed by atoms with E-state index in [1.165, 1.54) is 0 Å². The first-order valence-corrected chi connectivity index (χ1v) is 6.02. The molecule has 0 aromatic rings. The molecule has 0 aromatic heterocycles. The van der Waals surface area contributed by atoms with Crippen molar-refractivity contribution in [2.45, 2.75) is 0 Å². The van der Waals surface area contributed by atoms with Crippen LogP contribution in [0.3, 0.4) is 0 Å². The maximum Gasteiger partial charge on any atom is 2.00 e. The van der Waals surface area contributed by atoms with Crippen LogP contribution >= 0.6 is 0 Å². The second-order valence-corrected chi connectivity index (χ2v) is 7.93. The van der Waals surface area contributed by atoms with Crippen molar-refractivity contribution in [1.29, 1.82) is 31.6 Å². The molecular formula is C6MnN6Sr. The Balaban J connectivity index is 0. The van der Waals surface area contributed by atoms with E-state index in [1.54, 1.807) is 0 Å². The van der Waals surface area contributed by atoms with Crippen molar-refractivity contribution in [2.24, 2.45) is 0 Å². The Kier molecular flexibility index (Phi) is 3.96. The van der Waals surface area contributed by atoms with Crippen LogP contribution in [0.2, 0.25) is 0 Å². The molecule has 0 amide bonds. The van der Waals surface area contributed by atoms with Crippen LogP contribution in [0.1, 0.15) is 0 Å². The van der Waals surface area contributed by atoms with E-state index in [0.717, 1.165) is 29.8 Å². The number of hydrogen-bond acceptors (Lipinski definition) is 6. The Labute approximate surface area is 116 Å². The molecule has 0 heterocycles. The second kappa shape index (κ2) is 3.59. The van der Waals surface area contributed by atoms with Crippen molar-refractivity contribution in [1.82, 2.24) is 0 Å². The van der Waals surface area contributed by atoms with Gasteiger partial charge in [0.05, 0.1) is 0 Å². The quantitative estimate of drug-likeness (QED) is 0.562. The Morgan fingerprint density at radius 3 is 0.643 bits per heavy atom. The summed E-state index contributed by atoms with van der Waals surface area (Å²) in [6, 6.07) is 0. The van der Waals surface area contributed by atoms with Crippen molar-refractivity contribution < 1.29 is 10.7 Å². The van der Waals surface area contributed by atoms with Gasteiger partial charge in [-0.05, 0) is 0 Å². The predicted molar refractivity (Wildman–Crippen MR) is 39.4 cm³/mol. The third-order valence-corrected chi connectivity index (χ3v) is 5.23. The molecule has 14 heavy (non-hydrogen) atoms. The summed E-state index contributed by atoms with van der Waals surface area (Å²) in [7, 11) is -6.30. The first kappa shape index (κ1) is 15.4. The molecule has 0 aliphatic carbocycles. The van der Waals surface area contributed by atoms with Gasteiger partial charge in [-0.3, -0.25) is 0 Å². The van der Waals surface area contributed by atoms with Gasteiger partial charge >= 0.3 is 118 Å². The van der Waals surface area contributed by atoms with Crippen LogP contribution in [-0.2, 0) is 10.7 Å². The molecule has 0 radical (unpaired) electrons. The van der Waals surface area contributed by atoms with Gasteiger partial charge in [0.15, 0.2) is 0 Å². The SMILES string of the molecule is N#[C][Mn-2]([C]#N)([C]#N)([C]#N)([C]#N)[C]#N.[Sr+2]. The zero-order valence-electron chi connectivity index (χ0n) is 6.77. The first-order valence-electron chi connectivity index (χ1n) is 2.48. The Bertz CT molecular complexity index is 392. The smallest absolute Gasteiger partial charge is 2.00 e. The number of nitrogens with zero attached hydrogens (tertiary/aromatic N) is 6. The van der Waals surface area contributed by atoms with Crippen LogP contribution in [0.5, 0.6) is 0 Å². The predicted octanol–water partition coefficient (Wildman–Crippen LogP) is -0.283. The molecule has 0 saturated heterocycles. The van der Waals surface area contributed by atoms with Gasteiger partial charge in [-0.15, -0.1) is 0 Å². The van der Waals surface area contributed by atoms with Crippen molar-refractivity contribution in [2.75, 3.05) is 0 Å². The summed E-state index contributed by atoms with van der Waals surface area (Å²) >= 11 is 0. The van der Waals surface area contributed by atoms with E-state index in [1.807, 2.05) is 0 Å². The first-order chi connectivity index (χ1) is 5.97. The standard InChI is InChI=1S/6CN.Mn.Sr/c6*1-2;;/q;;;;;;-2;+2. The van der Waals surface area contributed by atoms with Crippen molar-refractivity contribution in [3.8, 4) is 29.8 Å². The van der Waals surface area contributed by atoms with E-state index in [9.17, 15) is 0 Å². The summed E-state index contributed by atoms with van der Waals surface area (Å²) in [5.74, 6) is 0. The molecule has 6 nitrogen and oxygen atoms in total. The van der Waals surface area contributed by atoms with Crippen molar-refractivity contribution >= 4 is 45.5 Å². The largest absolute Gasteiger partial charge is 2.00 e. The van der Waals surface area contributed by atoms with Gasteiger partial charge in [0.2, 0.25) is 0 Å². The van der Waals surface area contributed by atoms with Crippen LogP contribution in [0.4, 0.5) is 0 Å². The number of rotatable bonds is 0. The molecule has 63 valence electrons. The maximum atomic E-state index is 8.58. The molecule has 8 heteroatoms.